The molecule has 2 aliphatic heterocycles. The van der Waals surface area contributed by atoms with Gasteiger partial charge in [-0.05, 0) is 48.2 Å². The predicted octanol–water partition coefficient (Wildman–Crippen LogP) is 4.03. The minimum Gasteiger partial charge on any atom is -0.370 e. The van der Waals surface area contributed by atoms with E-state index in [4.69, 9.17) is 4.74 Å². The van der Waals surface area contributed by atoms with E-state index in [1.807, 2.05) is 24.3 Å². The molecule has 1 amide bonds. The summed E-state index contributed by atoms with van der Waals surface area (Å²) in [4.78, 5) is 21.0. The summed E-state index contributed by atoms with van der Waals surface area (Å²) in [5.41, 5.74) is 5.35. The van der Waals surface area contributed by atoms with Crippen molar-refractivity contribution < 1.29 is 9.53 Å². The first-order valence-electron chi connectivity index (χ1n) is 9.12. The number of aromatic amines is 1. The minimum absolute atomic E-state index is 0.0173. The van der Waals surface area contributed by atoms with Crippen LogP contribution in [-0.2, 0) is 17.8 Å². The molecule has 138 valence electrons. The third kappa shape index (κ3) is 3.16. The van der Waals surface area contributed by atoms with Gasteiger partial charge in [0.1, 0.15) is 17.4 Å². The van der Waals surface area contributed by atoms with Crippen molar-refractivity contribution in [1.29, 1.82) is 0 Å². The molecule has 1 aromatic heterocycles. The lowest BCUT2D eigenvalue weighted by Gasteiger charge is -2.08. The molecule has 0 bridgehead atoms. The molecule has 0 radical (unpaired) electrons. The van der Waals surface area contributed by atoms with E-state index in [-0.39, 0.29) is 12.0 Å². The molecule has 0 unspecified atom stereocenters. The lowest BCUT2D eigenvalue weighted by Crippen LogP contribution is -2.13. The molecular weight excluding hydrogens is 408 g/mol. The second kappa shape index (κ2) is 6.74. The van der Waals surface area contributed by atoms with E-state index in [1.54, 1.807) is 0 Å². The van der Waals surface area contributed by atoms with Gasteiger partial charge in [-0.3, -0.25) is 4.79 Å². The normalized spacial score (nSPS) is 18.8. The Labute approximate surface area is 164 Å². The van der Waals surface area contributed by atoms with Crippen LogP contribution in [0.5, 0.6) is 0 Å². The first-order valence-corrected chi connectivity index (χ1v) is 9.91. The van der Waals surface area contributed by atoms with Crippen LogP contribution in [0.4, 0.5) is 5.69 Å². The van der Waals surface area contributed by atoms with Crippen LogP contribution < -0.4 is 10.6 Å². The standard InChI is InChI=1S/C20H19BrN4O2/c21-13-7-15(18-16(8-13)24-19(25-18)17-2-1-5-27-17)20(26)23-14-4-3-11-9-22-10-12(11)6-14/h3-4,6-8,17,22H,1-2,5,9-10H2,(H,23,26)(H,24,25)/t17-/m1/s1. The van der Waals surface area contributed by atoms with Crippen molar-refractivity contribution in [3.05, 3.63) is 57.3 Å². The first kappa shape index (κ1) is 16.9. The minimum atomic E-state index is -0.169. The maximum absolute atomic E-state index is 13.0. The highest BCUT2D eigenvalue weighted by Crippen LogP contribution is 2.31. The monoisotopic (exact) mass is 426 g/mol. The van der Waals surface area contributed by atoms with Crippen LogP contribution in [0.2, 0.25) is 0 Å². The number of nitrogens with one attached hydrogen (secondary N) is 3. The topological polar surface area (TPSA) is 79.0 Å². The summed E-state index contributed by atoms with van der Waals surface area (Å²) < 4.78 is 6.56. The van der Waals surface area contributed by atoms with Gasteiger partial charge in [-0.15, -0.1) is 0 Å². The van der Waals surface area contributed by atoms with Crippen molar-refractivity contribution in [1.82, 2.24) is 15.3 Å². The fourth-order valence-corrected chi connectivity index (χ4v) is 4.25. The number of H-pyrrole nitrogens is 1. The molecule has 0 spiro atoms. The fraction of sp³-hybridized carbons (Fsp3) is 0.300. The molecule has 3 heterocycles. The highest BCUT2D eigenvalue weighted by atomic mass is 79.9. The zero-order chi connectivity index (χ0) is 18.4. The predicted molar refractivity (Wildman–Crippen MR) is 107 cm³/mol. The fourth-order valence-electron chi connectivity index (χ4n) is 3.79. The first-order chi connectivity index (χ1) is 13.2. The number of aromatic nitrogens is 2. The number of rotatable bonds is 3. The van der Waals surface area contributed by atoms with E-state index >= 15 is 0 Å². The smallest absolute Gasteiger partial charge is 0.257 e. The van der Waals surface area contributed by atoms with Crippen LogP contribution in [-0.4, -0.2) is 22.5 Å². The van der Waals surface area contributed by atoms with Gasteiger partial charge < -0.3 is 20.4 Å². The molecule has 27 heavy (non-hydrogen) atoms. The molecule has 6 nitrogen and oxygen atoms in total. The molecular formula is C20H19BrN4O2. The number of hydrogen-bond donors (Lipinski definition) is 3. The van der Waals surface area contributed by atoms with Gasteiger partial charge in [0.15, 0.2) is 0 Å². The van der Waals surface area contributed by atoms with Crippen molar-refractivity contribution in [2.45, 2.75) is 32.0 Å². The Morgan fingerprint density at radius 1 is 1.22 bits per heavy atom. The molecule has 3 N–H and O–H groups in total. The SMILES string of the molecule is O=C(Nc1ccc2c(c1)CNC2)c1cc(Br)cc2[nH]c([C@H]3CCCO3)nc12. The Morgan fingerprint density at radius 3 is 2.96 bits per heavy atom. The van der Waals surface area contributed by atoms with Crippen LogP contribution in [0.25, 0.3) is 11.0 Å². The van der Waals surface area contributed by atoms with Crippen LogP contribution >= 0.6 is 15.9 Å². The molecule has 0 aliphatic carbocycles. The van der Waals surface area contributed by atoms with Gasteiger partial charge in [-0.1, -0.05) is 22.0 Å². The number of carbonyl (C=O) groups is 1. The molecule has 7 heteroatoms. The number of anilines is 1. The lowest BCUT2D eigenvalue weighted by molar-refractivity contribution is 0.102. The van der Waals surface area contributed by atoms with Gasteiger partial charge in [0.05, 0.1) is 11.1 Å². The Morgan fingerprint density at radius 2 is 2.11 bits per heavy atom. The van der Waals surface area contributed by atoms with Gasteiger partial charge in [-0.2, -0.15) is 0 Å². The zero-order valence-electron chi connectivity index (χ0n) is 14.6. The van der Waals surface area contributed by atoms with E-state index in [9.17, 15) is 4.79 Å². The summed E-state index contributed by atoms with van der Waals surface area (Å²) in [6.07, 6.45) is 1.97. The summed E-state index contributed by atoms with van der Waals surface area (Å²) in [6.45, 7) is 2.48. The number of hydrogen-bond acceptors (Lipinski definition) is 4. The third-order valence-corrected chi connectivity index (χ3v) is 5.60. The molecule has 0 saturated carbocycles. The van der Waals surface area contributed by atoms with E-state index in [0.717, 1.165) is 54.0 Å². The van der Waals surface area contributed by atoms with Gasteiger partial charge in [0, 0.05) is 29.9 Å². The van der Waals surface area contributed by atoms with Gasteiger partial charge in [0.2, 0.25) is 0 Å². The van der Waals surface area contributed by atoms with Crippen LogP contribution in [0.15, 0.2) is 34.8 Å². The molecule has 1 atom stereocenters. The molecule has 5 rings (SSSR count). The number of carbonyl (C=O) groups excluding carboxylic acids is 1. The summed E-state index contributed by atoms with van der Waals surface area (Å²) in [5, 5.41) is 6.33. The third-order valence-electron chi connectivity index (χ3n) is 5.14. The Balaban J connectivity index is 1.48. The highest BCUT2D eigenvalue weighted by Gasteiger charge is 2.23. The molecule has 2 aromatic carbocycles. The van der Waals surface area contributed by atoms with Gasteiger partial charge in [0.25, 0.3) is 5.91 Å². The van der Waals surface area contributed by atoms with E-state index in [2.05, 4.69) is 42.6 Å². The van der Waals surface area contributed by atoms with Crippen LogP contribution in [0.3, 0.4) is 0 Å². The molecule has 1 saturated heterocycles. The van der Waals surface area contributed by atoms with Crippen LogP contribution in [0.1, 0.15) is 46.3 Å². The van der Waals surface area contributed by atoms with Crippen LogP contribution in [0, 0.1) is 0 Å². The van der Waals surface area contributed by atoms with Gasteiger partial charge >= 0.3 is 0 Å². The average Bonchev–Trinajstić information content (AvgIpc) is 3.39. The van der Waals surface area contributed by atoms with Crippen molar-refractivity contribution in [2.24, 2.45) is 0 Å². The van der Waals surface area contributed by atoms with Crippen molar-refractivity contribution >= 4 is 38.6 Å². The zero-order valence-corrected chi connectivity index (χ0v) is 16.2. The maximum Gasteiger partial charge on any atom is 0.257 e. The summed E-state index contributed by atoms with van der Waals surface area (Å²) in [7, 11) is 0. The summed E-state index contributed by atoms with van der Waals surface area (Å²) in [6, 6.07) is 9.79. The van der Waals surface area contributed by atoms with E-state index in [1.165, 1.54) is 11.1 Å². The highest BCUT2D eigenvalue weighted by molar-refractivity contribution is 9.10. The largest absolute Gasteiger partial charge is 0.370 e. The van der Waals surface area contributed by atoms with E-state index < -0.39 is 0 Å². The van der Waals surface area contributed by atoms with Gasteiger partial charge in [-0.25, -0.2) is 4.98 Å². The second-order valence-electron chi connectivity index (χ2n) is 7.01. The van der Waals surface area contributed by atoms with E-state index in [0.29, 0.717) is 11.1 Å². The number of amides is 1. The van der Waals surface area contributed by atoms with Crippen molar-refractivity contribution in [3.8, 4) is 0 Å². The molecule has 2 aliphatic rings. The van der Waals surface area contributed by atoms with Crippen molar-refractivity contribution in [2.75, 3.05) is 11.9 Å². The molecule has 3 aromatic rings. The quantitative estimate of drug-likeness (QED) is 0.590. The number of nitrogens with zero attached hydrogens (tertiary/aromatic N) is 1. The average molecular weight is 427 g/mol. The number of fused-ring (bicyclic) bond motifs is 2. The summed E-state index contributed by atoms with van der Waals surface area (Å²) in [5.74, 6) is 0.621. The second-order valence-corrected chi connectivity index (χ2v) is 7.93. The lowest BCUT2D eigenvalue weighted by atomic mass is 10.1. The number of halogens is 1. The Kier molecular flexibility index (Phi) is 4.22. The number of ether oxygens (including phenoxy) is 1. The molecule has 1 fully saturated rings. The summed E-state index contributed by atoms with van der Waals surface area (Å²) >= 11 is 3.50. The maximum atomic E-state index is 13.0. The Hall–Kier alpha value is -2.22. The number of imidazole rings is 1. The Bertz CT molecular complexity index is 1040. The van der Waals surface area contributed by atoms with Crippen molar-refractivity contribution in [3.63, 3.8) is 0 Å². The number of benzene rings is 2.